The number of methoxy groups -OCH3 is 1. The van der Waals surface area contributed by atoms with Crippen LogP contribution < -0.4 is 0 Å². The van der Waals surface area contributed by atoms with E-state index in [9.17, 15) is 9.90 Å². The van der Waals surface area contributed by atoms with E-state index in [1.165, 1.54) is 13.2 Å². The molecule has 3 nitrogen and oxygen atoms in total. The Balaban J connectivity index is 2.64. The fraction of sp³-hybridized carbons (Fsp3) is 0.444. The van der Waals surface area contributed by atoms with E-state index in [0.29, 0.717) is 0 Å². The number of alkyl halides is 1. The zero-order valence-electron chi connectivity index (χ0n) is 7.24. The van der Waals surface area contributed by atoms with Crippen LogP contribution in [0.1, 0.15) is 6.42 Å². The average molecular weight is 203 g/mol. The molecule has 0 radical (unpaired) electrons. The fourth-order valence-corrected chi connectivity index (χ4v) is 1.34. The van der Waals surface area contributed by atoms with E-state index >= 15 is 0 Å². The Hall–Kier alpha value is -0.800. The van der Waals surface area contributed by atoms with Crippen LogP contribution in [-0.4, -0.2) is 23.2 Å². The number of aliphatic hydroxyl groups is 1. The molecule has 0 aromatic heterocycles. The molecular formula is C9H11ClO3. The van der Waals surface area contributed by atoms with Crippen LogP contribution in [-0.2, 0) is 9.53 Å². The first-order valence-corrected chi connectivity index (χ1v) is 4.28. The first kappa shape index (κ1) is 10.3. The minimum absolute atomic E-state index is 0.0807. The molecule has 1 aliphatic rings. The lowest BCUT2D eigenvalue weighted by Crippen LogP contribution is -2.31. The van der Waals surface area contributed by atoms with Gasteiger partial charge in [-0.3, -0.25) is 4.79 Å². The van der Waals surface area contributed by atoms with Crippen molar-refractivity contribution in [1.29, 1.82) is 0 Å². The monoisotopic (exact) mass is 202 g/mol. The number of carbonyl (C=O) groups excluding carboxylic acids is 1. The zero-order valence-corrected chi connectivity index (χ0v) is 7.99. The van der Waals surface area contributed by atoms with Crippen LogP contribution in [0.3, 0.4) is 0 Å². The summed E-state index contributed by atoms with van der Waals surface area (Å²) in [7, 11) is 1.30. The molecule has 0 fully saturated rings. The minimum atomic E-state index is -1.47. The van der Waals surface area contributed by atoms with Crippen LogP contribution in [0, 0.1) is 5.92 Å². The summed E-state index contributed by atoms with van der Waals surface area (Å²) in [5.74, 6) is -0.810. The van der Waals surface area contributed by atoms with E-state index in [1.54, 1.807) is 18.2 Å². The summed E-state index contributed by atoms with van der Waals surface area (Å²) in [5, 5.41) is 8.13. The highest BCUT2D eigenvalue weighted by atomic mass is 35.5. The molecule has 0 aliphatic heterocycles. The summed E-state index contributed by atoms with van der Waals surface area (Å²) in [6.45, 7) is 0. The van der Waals surface area contributed by atoms with E-state index < -0.39 is 11.0 Å². The molecule has 72 valence electrons. The largest absolute Gasteiger partial charge is 0.469 e. The number of hydrogen-bond acceptors (Lipinski definition) is 3. The molecule has 0 spiro atoms. The van der Waals surface area contributed by atoms with E-state index in [2.05, 4.69) is 4.74 Å². The van der Waals surface area contributed by atoms with Gasteiger partial charge in [0.25, 0.3) is 0 Å². The van der Waals surface area contributed by atoms with Gasteiger partial charge in [0.05, 0.1) is 13.5 Å². The number of esters is 1. The van der Waals surface area contributed by atoms with Gasteiger partial charge in [-0.15, -0.1) is 0 Å². The van der Waals surface area contributed by atoms with Gasteiger partial charge in [0.1, 0.15) is 0 Å². The van der Waals surface area contributed by atoms with Gasteiger partial charge in [-0.2, -0.15) is 0 Å². The summed E-state index contributed by atoms with van der Waals surface area (Å²) < 4.78 is 4.48. The molecule has 2 atom stereocenters. The Kier molecular flexibility index (Phi) is 3.12. The highest BCUT2D eigenvalue weighted by molar-refractivity contribution is 6.24. The lowest BCUT2D eigenvalue weighted by Gasteiger charge is -2.26. The van der Waals surface area contributed by atoms with Crippen LogP contribution in [0.15, 0.2) is 24.3 Å². The summed E-state index contributed by atoms with van der Waals surface area (Å²) in [4.78, 5) is 10.9. The predicted molar refractivity (Wildman–Crippen MR) is 49.2 cm³/mol. The molecule has 1 N–H and O–H groups in total. The van der Waals surface area contributed by atoms with Gasteiger partial charge in [0, 0.05) is 5.92 Å². The van der Waals surface area contributed by atoms with E-state index in [0.717, 1.165) is 0 Å². The number of carbonyl (C=O) groups is 1. The van der Waals surface area contributed by atoms with Crippen molar-refractivity contribution in [3.8, 4) is 0 Å². The van der Waals surface area contributed by atoms with Gasteiger partial charge in [0.15, 0.2) is 5.06 Å². The maximum atomic E-state index is 10.9. The standard InChI is InChI=1S/C9H11ClO3/c1-13-8(11)6-7-4-2-3-5-9(7,10)12/h2-5,7,12H,6H2,1H3/t7-,9+/m0/s1. The second-order valence-corrected chi connectivity index (χ2v) is 3.46. The summed E-state index contributed by atoms with van der Waals surface area (Å²) in [6, 6.07) is 0. The highest BCUT2D eigenvalue weighted by Crippen LogP contribution is 2.31. The molecule has 0 aromatic carbocycles. The third-order valence-electron chi connectivity index (χ3n) is 1.92. The van der Waals surface area contributed by atoms with Gasteiger partial charge in [-0.1, -0.05) is 29.8 Å². The number of allylic oxidation sites excluding steroid dienone is 2. The van der Waals surface area contributed by atoms with Gasteiger partial charge in [0.2, 0.25) is 0 Å². The first-order valence-electron chi connectivity index (χ1n) is 3.90. The Morgan fingerprint density at radius 3 is 2.92 bits per heavy atom. The molecule has 0 amide bonds. The molecule has 0 saturated heterocycles. The predicted octanol–water partition coefficient (Wildman–Crippen LogP) is 1.22. The van der Waals surface area contributed by atoms with Crippen molar-refractivity contribution in [3.63, 3.8) is 0 Å². The van der Waals surface area contributed by atoms with Gasteiger partial charge >= 0.3 is 5.97 Å². The Morgan fingerprint density at radius 2 is 2.38 bits per heavy atom. The van der Waals surface area contributed by atoms with Crippen molar-refractivity contribution < 1.29 is 14.6 Å². The molecular weight excluding hydrogens is 192 g/mol. The van der Waals surface area contributed by atoms with Crippen LogP contribution in [0.5, 0.6) is 0 Å². The number of hydrogen-bond donors (Lipinski definition) is 1. The number of ether oxygens (including phenoxy) is 1. The van der Waals surface area contributed by atoms with Crippen molar-refractivity contribution in [2.45, 2.75) is 11.5 Å². The van der Waals surface area contributed by atoms with Crippen LogP contribution in [0.4, 0.5) is 0 Å². The van der Waals surface area contributed by atoms with Crippen molar-refractivity contribution in [2.75, 3.05) is 7.11 Å². The SMILES string of the molecule is COC(=O)C[C@@H]1C=CC=C[C@]1(O)Cl. The van der Waals surface area contributed by atoms with Gasteiger partial charge < -0.3 is 9.84 Å². The summed E-state index contributed by atoms with van der Waals surface area (Å²) >= 11 is 5.75. The molecule has 13 heavy (non-hydrogen) atoms. The zero-order chi connectivity index (χ0) is 9.90. The Bertz CT molecular complexity index is 256. The van der Waals surface area contributed by atoms with Crippen LogP contribution in [0.2, 0.25) is 0 Å². The smallest absolute Gasteiger partial charge is 0.306 e. The molecule has 1 aliphatic carbocycles. The normalized spacial score (nSPS) is 31.8. The lowest BCUT2D eigenvalue weighted by molar-refractivity contribution is -0.142. The van der Waals surface area contributed by atoms with Gasteiger partial charge in [-0.05, 0) is 6.08 Å². The molecule has 0 heterocycles. The topological polar surface area (TPSA) is 46.5 Å². The van der Waals surface area contributed by atoms with Crippen molar-refractivity contribution in [2.24, 2.45) is 5.92 Å². The Morgan fingerprint density at radius 1 is 1.69 bits per heavy atom. The van der Waals surface area contributed by atoms with E-state index in [-0.39, 0.29) is 12.4 Å². The second kappa shape index (κ2) is 3.94. The highest BCUT2D eigenvalue weighted by Gasteiger charge is 2.33. The van der Waals surface area contributed by atoms with Crippen molar-refractivity contribution in [3.05, 3.63) is 24.3 Å². The van der Waals surface area contributed by atoms with Crippen molar-refractivity contribution in [1.82, 2.24) is 0 Å². The van der Waals surface area contributed by atoms with Crippen molar-refractivity contribution >= 4 is 17.6 Å². The number of rotatable bonds is 2. The molecule has 0 saturated carbocycles. The molecule has 0 aromatic rings. The molecule has 1 rings (SSSR count). The second-order valence-electron chi connectivity index (χ2n) is 2.86. The van der Waals surface area contributed by atoms with E-state index in [4.69, 9.17) is 11.6 Å². The molecule has 4 heteroatoms. The van der Waals surface area contributed by atoms with Crippen LogP contribution in [0.25, 0.3) is 0 Å². The maximum Gasteiger partial charge on any atom is 0.306 e. The minimum Gasteiger partial charge on any atom is -0.469 e. The van der Waals surface area contributed by atoms with E-state index in [1.807, 2.05) is 0 Å². The Labute approximate surface area is 81.6 Å². The summed E-state index contributed by atoms with van der Waals surface area (Å²) in [5.41, 5.74) is 0. The molecule has 0 bridgehead atoms. The third-order valence-corrected chi connectivity index (χ3v) is 2.33. The third kappa shape index (κ3) is 2.57. The first-order chi connectivity index (χ1) is 6.06. The maximum absolute atomic E-state index is 10.9. The number of halogens is 1. The average Bonchev–Trinajstić information content (AvgIpc) is 2.08. The quantitative estimate of drug-likeness (QED) is 0.541. The van der Waals surface area contributed by atoms with Gasteiger partial charge in [-0.25, -0.2) is 0 Å². The molecule has 0 unspecified atom stereocenters. The summed E-state index contributed by atoms with van der Waals surface area (Å²) in [6.07, 6.45) is 6.59. The van der Waals surface area contributed by atoms with Crippen LogP contribution >= 0.6 is 11.6 Å². The lowest BCUT2D eigenvalue weighted by atomic mass is 9.94. The fourth-order valence-electron chi connectivity index (χ4n) is 1.12.